The molecule has 5 nitrogen and oxygen atoms in total. The summed E-state index contributed by atoms with van der Waals surface area (Å²) in [6.45, 7) is 4.14. The molecule has 2 aromatic rings. The Labute approximate surface area is 153 Å². The van der Waals surface area contributed by atoms with Gasteiger partial charge >= 0.3 is 5.97 Å². The van der Waals surface area contributed by atoms with Gasteiger partial charge in [0.25, 0.3) is 0 Å². The second kappa shape index (κ2) is 6.80. The first-order valence-corrected chi connectivity index (χ1v) is 9.44. The van der Waals surface area contributed by atoms with Gasteiger partial charge in [-0.1, -0.05) is 31.5 Å². The summed E-state index contributed by atoms with van der Waals surface area (Å²) in [6, 6.07) is 8.70. The summed E-state index contributed by atoms with van der Waals surface area (Å²) in [5.41, 5.74) is 4.27. The SMILES string of the molecule is CC[C@@H]1CN2CCc3c([nH]c4ccccc34)[C@@H]2C[C@@H]1/C(=C\O)C(=O)OC. The van der Waals surface area contributed by atoms with E-state index in [0.29, 0.717) is 11.5 Å². The van der Waals surface area contributed by atoms with E-state index in [0.717, 1.165) is 38.6 Å². The molecule has 0 bridgehead atoms. The Bertz CT molecular complexity index is 854. The van der Waals surface area contributed by atoms with Crippen molar-refractivity contribution in [2.45, 2.75) is 32.2 Å². The largest absolute Gasteiger partial charge is 0.515 e. The van der Waals surface area contributed by atoms with Crippen molar-refractivity contribution in [3.63, 3.8) is 0 Å². The average molecular weight is 354 g/mol. The second-order valence-electron chi connectivity index (χ2n) is 7.41. The Kier molecular flexibility index (Phi) is 4.49. The van der Waals surface area contributed by atoms with E-state index >= 15 is 0 Å². The van der Waals surface area contributed by atoms with Crippen LogP contribution in [-0.4, -0.2) is 41.2 Å². The summed E-state index contributed by atoms with van der Waals surface area (Å²) in [5.74, 6) is -0.0668. The van der Waals surface area contributed by atoms with Gasteiger partial charge in [0, 0.05) is 29.7 Å². The molecule has 138 valence electrons. The van der Waals surface area contributed by atoms with Crippen molar-refractivity contribution in [1.82, 2.24) is 9.88 Å². The molecule has 4 rings (SSSR count). The van der Waals surface area contributed by atoms with Crippen molar-refractivity contribution in [3.05, 3.63) is 47.4 Å². The predicted octanol–water partition coefficient (Wildman–Crippen LogP) is 3.73. The maximum absolute atomic E-state index is 12.2. The van der Waals surface area contributed by atoms with E-state index in [1.54, 1.807) is 0 Å². The quantitative estimate of drug-likeness (QED) is 0.501. The molecule has 0 spiro atoms. The van der Waals surface area contributed by atoms with Gasteiger partial charge in [0.15, 0.2) is 0 Å². The lowest BCUT2D eigenvalue weighted by atomic mass is 9.74. The van der Waals surface area contributed by atoms with Crippen LogP contribution in [0.15, 0.2) is 36.1 Å². The number of hydrogen-bond donors (Lipinski definition) is 2. The molecular formula is C21H26N2O3. The highest BCUT2D eigenvalue weighted by atomic mass is 16.5. The molecule has 1 aromatic heterocycles. The Hall–Kier alpha value is -2.27. The Morgan fingerprint density at radius 3 is 2.96 bits per heavy atom. The van der Waals surface area contributed by atoms with E-state index in [-0.39, 0.29) is 12.0 Å². The fraction of sp³-hybridized carbons (Fsp3) is 0.476. The lowest BCUT2D eigenvalue weighted by molar-refractivity contribution is -0.137. The minimum absolute atomic E-state index is 0.0102. The van der Waals surface area contributed by atoms with Crippen molar-refractivity contribution < 1.29 is 14.6 Å². The molecule has 0 aliphatic carbocycles. The summed E-state index contributed by atoms with van der Waals surface area (Å²) in [5, 5.41) is 11.0. The number of ether oxygens (including phenoxy) is 1. The minimum atomic E-state index is -0.419. The van der Waals surface area contributed by atoms with Crippen LogP contribution in [0.2, 0.25) is 0 Å². The van der Waals surface area contributed by atoms with E-state index in [4.69, 9.17) is 4.74 Å². The maximum atomic E-state index is 12.2. The first-order chi connectivity index (χ1) is 12.7. The molecule has 2 aliphatic rings. The topological polar surface area (TPSA) is 65.6 Å². The number of aromatic nitrogens is 1. The van der Waals surface area contributed by atoms with Gasteiger partial charge < -0.3 is 14.8 Å². The number of fused-ring (bicyclic) bond motifs is 5. The van der Waals surface area contributed by atoms with Crippen molar-refractivity contribution in [2.24, 2.45) is 11.8 Å². The highest BCUT2D eigenvalue weighted by Crippen LogP contribution is 2.45. The number of aliphatic hydroxyl groups excluding tert-OH is 1. The van der Waals surface area contributed by atoms with Crippen LogP contribution in [0.1, 0.15) is 37.1 Å². The molecule has 3 heterocycles. The zero-order chi connectivity index (χ0) is 18.3. The third kappa shape index (κ3) is 2.62. The lowest BCUT2D eigenvalue weighted by Crippen LogP contribution is -2.46. The summed E-state index contributed by atoms with van der Waals surface area (Å²) >= 11 is 0. The monoisotopic (exact) mass is 354 g/mol. The number of nitrogens with one attached hydrogen (secondary N) is 1. The van der Waals surface area contributed by atoms with E-state index in [9.17, 15) is 9.90 Å². The Balaban J connectivity index is 1.73. The summed E-state index contributed by atoms with van der Waals surface area (Å²) < 4.78 is 4.91. The number of aromatic amines is 1. The molecule has 0 unspecified atom stereocenters. The number of carbonyl (C=O) groups is 1. The molecule has 2 aliphatic heterocycles. The van der Waals surface area contributed by atoms with Crippen LogP contribution >= 0.6 is 0 Å². The number of hydrogen-bond acceptors (Lipinski definition) is 4. The van der Waals surface area contributed by atoms with E-state index < -0.39 is 5.97 Å². The number of H-pyrrole nitrogens is 1. The highest BCUT2D eigenvalue weighted by Gasteiger charge is 2.42. The van der Waals surface area contributed by atoms with Crippen LogP contribution in [-0.2, 0) is 16.0 Å². The van der Waals surface area contributed by atoms with Crippen molar-refractivity contribution >= 4 is 16.9 Å². The minimum Gasteiger partial charge on any atom is -0.515 e. The van der Waals surface area contributed by atoms with Crippen LogP contribution in [0.25, 0.3) is 10.9 Å². The van der Waals surface area contributed by atoms with Gasteiger partial charge in [-0.3, -0.25) is 4.90 Å². The molecule has 26 heavy (non-hydrogen) atoms. The molecular weight excluding hydrogens is 328 g/mol. The number of piperidine rings is 1. The van der Waals surface area contributed by atoms with Gasteiger partial charge in [-0.2, -0.15) is 0 Å². The van der Waals surface area contributed by atoms with Gasteiger partial charge in [-0.05, 0) is 36.3 Å². The zero-order valence-corrected chi connectivity index (χ0v) is 15.4. The number of para-hydroxylation sites is 1. The fourth-order valence-corrected chi connectivity index (χ4v) is 4.93. The van der Waals surface area contributed by atoms with Crippen LogP contribution in [0, 0.1) is 11.8 Å². The second-order valence-corrected chi connectivity index (χ2v) is 7.41. The molecule has 1 aromatic carbocycles. The van der Waals surface area contributed by atoms with Crippen LogP contribution in [0.5, 0.6) is 0 Å². The van der Waals surface area contributed by atoms with E-state index in [2.05, 4.69) is 41.1 Å². The van der Waals surface area contributed by atoms with Crippen LogP contribution in [0.3, 0.4) is 0 Å². The molecule has 0 radical (unpaired) electrons. The van der Waals surface area contributed by atoms with Gasteiger partial charge in [0.2, 0.25) is 0 Å². The maximum Gasteiger partial charge on any atom is 0.337 e. The van der Waals surface area contributed by atoms with Crippen molar-refractivity contribution in [2.75, 3.05) is 20.2 Å². The Morgan fingerprint density at radius 2 is 2.23 bits per heavy atom. The molecule has 1 fully saturated rings. The van der Waals surface area contributed by atoms with Gasteiger partial charge in [-0.15, -0.1) is 0 Å². The molecule has 5 heteroatoms. The smallest absolute Gasteiger partial charge is 0.337 e. The van der Waals surface area contributed by atoms with Crippen LogP contribution < -0.4 is 0 Å². The zero-order valence-electron chi connectivity index (χ0n) is 15.4. The van der Waals surface area contributed by atoms with Gasteiger partial charge in [-0.25, -0.2) is 4.79 Å². The third-order valence-electron chi connectivity index (χ3n) is 6.27. The first kappa shape index (κ1) is 17.2. The number of methoxy groups -OCH3 is 1. The normalized spacial score (nSPS) is 26.4. The standard InChI is InChI=1S/C21H26N2O3/c1-3-13-11-23-9-8-15-14-6-4-5-7-18(14)22-20(15)19(23)10-16(13)17(12-24)21(25)26-2/h4-7,12-13,16,19,22,24H,3,8-11H2,1-2H3/b17-12+/t13-,16+,19+/m1/s1. The summed E-state index contributed by atoms with van der Waals surface area (Å²) in [6.07, 6.45) is 3.81. The van der Waals surface area contributed by atoms with E-state index in [1.165, 1.54) is 29.3 Å². The Morgan fingerprint density at radius 1 is 1.42 bits per heavy atom. The van der Waals surface area contributed by atoms with Crippen LogP contribution in [0.4, 0.5) is 0 Å². The number of nitrogens with zero attached hydrogens (tertiary/aromatic N) is 1. The molecule has 2 N–H and O–H groups in total. The number of benzene rings is 1. The fourth-order valence-electron chi connectivity index (χ4n) is 4.93. The molecule has 0 saturated carbocycles. The van der Waals surface area contributed by atoms with Crippen molar-refractivity contribution in [1.29, 1.82) is 0 Å². The third-order valence-corrected chi connectivity index (χ3v) is 6.27. The molecule has 1 saturated heterocycles. The highest BCUT2D eigenvalue weighted by molar-refractivity contribution is 5.89. The summed E-state index contributed by atoms with van der Waals surface area (Å²) in [7, 11) is 1.37. The number of carbonyl (C=O) groups excluding carboxylic acids is 1. The average Bonchev–Trinajstić information content (AvgIpc) is 3.07. The van der Waals surface area contributed by atoms with Gasteiger partial charge in [0.1, 0.15) is 0 Å². The lowest BCUT2D eigenvalue weighted by Gasteiger charge is -2.46. The van der Waals surface area contributed by atoms with Gasteiger partial charge in [0.05, 0.1) is 25.0 Å². The molecule has 3 atom stereocenters. The predicted molar refractivity (Wildman–Crippen MR) is 101 cm³/mol. The molecule has 0 amide bonds. The van der Waals surface area contributed by atoms with E-state index in [1.807, 2.05) is 0 Å². The number of aliphatic hydroxyl groups is 1. The summed E-state index contributed by atoms with van der Waals surface area (Å²) in [4.78, 5) is 18.3. The number of esters is 1. The number of rotatable bonds is 3. The first-order valence-electron chi connectivity index (χ1n) is 9.44. The van der Waals surface area contributed by atoms with Crippen molar-refractivity contribution in [3.8, 4) is 0 Å².